The van der Waals surface area contributed by atoms with E-state index < -0.39 is 0 Å². The molecule has 2 aromatic rings. The second-order valence-electron chi connectivity index (χ2n) is 6.71. The molecule has 0 bridgehead atoms. The quantitative estimate of drug-likeness (QED) is 0.465. The standard InChI is InChI=1S/C13H18BrN3S.C7H15NO/c1-4-6-7-9-10-11(14)8(5-2)15-12(10)17-13(16-9)18-3;1-2-3-8-4-6-9-7-5-8/h4-7H2,1-3H3,(H,15,16,17);2-7H2,1H3. The number of nitrogens with zero attached hydrogens (tertiary/aromatic N) is 3. The molecule has 152 valence electrons. The number of morpholine rings is 1. The van der Waals surface area contributed by atoms with Crippen LogP contribution in [0, 0.1) is 0 Å². The van der Waals surface area contributed by atoms with E-state index in [1.54, 1.807) is 11.8 Å². The molecular weight excluding hydrogens is 424 g/mol. The Morgan fingerprint density at radius 2 is 1.89 bits per heavy atom. The molecular formula is C20H33BrN4OS. The predicted octanol–water partition coefficient (Wildman–Crippen LogP) is 5.08. The Labute approximate surface area is 176 Å². The van der Waals surface area contributed by atoms with E-state index in [1.165, 1.54) is 31.5 Å². The Hall–Kier alpha value is -0.630. The van der Waals surface area contributed by atoms with Crippen molar-refractivity contribution in [2.45, 2.75) is 58.0 Å². The maximum Gasteiger partial charge on any atom is 0.189 e. The Bertz CT molecular complexity index is 698. The average Bonchev–Trinajstić information content (AvgIpc) is 3.03. The van der Waals surface area contributed by atoms with E-state index in [9.17, 15) is 0 Å². The van der Waals surface area contributed by atoms with E-state index in [0.717, 1.165) is 65.5 Å². The number of nitrogens with one attached hydrogen (secondary N) is 1. The molecule has 1 aliphatic heterocycles. The number of aromatic nitrogens is 3. The number of ether oxygens (including phenoxy) is 1. The van der Waals surface area contributed by atoms with Crippen molar-refractivity contribution in [1.82, 2.24) is 19.9 Å². The fourth-order valence-corrected chi connectivity index (χ4v) is 4.34. The van der Waals surface area contributed by atoms with E-state index in [2.05, 4.69) is 56.6 Å². The monoisotopic (exact) mass is 456 g/mol. The third-order valence-electron chi connectivity index (χ3n) is 4.66. The van der Waals surface area contributed by atoms with Crippen molar-refractivity contribution >= 4 is 38.7 Å². The van der Waals surface area contributed by atoms with Crippen LogP contribution in [-0.4, -0.2) is 59.0 Å². The molecule has 1 saturated heterocycles. The van der Waals surface area contributed by atoms with Gasteiger partial charge in [-0.25, -0.2) is 9.97 Å². The molecule has 27 heavy (non-hydrogen) atoms. The molecule has 0 saturated carbocycles. The lowest BCUT2D eigenvalue weighted by molar-refractivity contribution is 0.0380. The Morgan fingerprint density at radius 1 is 1.15 bits per heavy atom. The first kappa shape index (κ1) is 22.7. The molecule has 1 aliphatic rings. The highest BCUT2D eigenvalue weighted by Gasteiger charge is 2.15. The van der Waals surface area contributed by atoms with Crippen molar-refractivity contribution in [3.8, 4) is 0 Å². The van der Waals surface area contributed by atoms with Gasteiger partial charge in [0.25, 0.3) is 0 Å². The van der Waals surface area contributed by atoms with Gasteiger partial charge in [-0.15, -0.1) is 0 Å². The molecule has 5 nitrogen and oxygen atoms in total. The highest BCUT2D eigenvalue weighted by Crippen LogP contribution is 2.31. The topological polar surface area (TPSA) is 54.0 Å². The molecule has 0 aromatic carbocycles. The summed E-state index contributed by atoms with van der Waals surface area (Å²) in [6.07, 6.45) is 7.62. The number of aromatic amines is 1. The van der Waals surface area contributed by atoms with Crippen molar-refractivity contribution < 1.29 is 4.74 Å². The van der Waals surface area contributed by atoms with Gasteiger partial charge >= 0.3 is 0 Å². The maximum atomic E-state index is 5.20. The van der Waals surface area contributed by atoms with Gasteiger partial charge in [-0.1, -0.05) is 39.0 Å². The molecule has 0 atom stereocenters. The lowest BCUT2D eigenvalue weighted by Crippen LogP contribution is -2.36. The minimum Gasteiger partial charge on any atom is -0.379 e. The van der Waals surface area contributed by atoms with Crippen molar-refractivity contribution in [2.24, 2.45) is 0 Å². The molecule has 3 heterocycles. The number of fused-ring (bicyclic) bond motifs is 1. The van der Waals surface area contributed by atoms with Gasteiger partial charge in [0.05, 0.1) is 24.3 Å². The number of hydrogen-bond donors (Lipinski definition) is 1. The SMILES string of the molecule is CCCCc1nc(SC)nc2[nH]c(CC)c(Br)c12.CCCN1CCOCC1. The number of aryl methyl sites for hydroxylation is 2. The number of rotatable bonds is 7. The van der Waals surface area contributed by atoms with Gasteiger partial charge in [0.15, 0.2) is 5.16 Å². The van der Waals surface area contributed by atoms with Crippen molar-refractivity contribution in [2.75, 3.05) is 39.1 Å². The molecule has 0 aliphatic carbocycles. The van der Waals surface area contributed by atoms with Crippen LogP contribution in [0.1, 0.15) is 51.4 Å². The van der Waals surface area contributed by atoms with Gasteiger partial charge in [0.2, 0.25) is 0 Å². The summed E-state index contributed by atoms with van der Waals surface area (Å²) in [6, 6.07) is 0. The first-order valence-electron chi connectivity index (χ1n) is 10.1. The summed E-state index contributed by atoms with van der Waals surface area (Å²) in [6.45, 7) is 11.9. The van der Waals surface area contributed by atoms with Crippen molar-refractivity contribution in [3.05, 3.63) is 15.9 Å². The molecule has 0 unspecified atom stereocenters. The number of halogens is 1. The summed E-state index contributed by atoms with van der Waals surface area (Å²) in [5, 5.41) is 2.02. The van der Waals surface area contributed by atoms with Gasteiger partial charge in [-0.2, -0.15) is 0 Å². The van der Waals surface area contributed by atoms with Gasteiger partial charge in [0, 0.05) is 23.3 Å². The molecule has 0 amide bonds. The zero-order valence-electron chi connectivity index (χ0n) is 17.1. The number of unbranched alkanes of at least 4 members (excludes halogenated alkanes) is 1. The van der Waals surface area contributed by atoms with E-state index in [-0.39, 0.29) is 0 Å². The average molecular weight is 457 g/mol. The van der Waals surface area contributed by atoms with Crippen LogP contribution in [0.2, 0.25) is 0 Å². The van der Waals surface area contributed by atoms with E-state index in [0.29, 0.717) is 0 Å². The summed E-state index contributed by atoms with van der Waals surface area (Å²) >= 11 is 5.28. The van der Waals surface area contributed by atoms with Crippen LogP contribution in [0.25, 0.3) is 11.0 Å². The second kappa shape index (κ2) is 12.0. The van der Waals surface area contributed by atoms with Crippen LogP contribution in [-0.2, 0) is 17.6 Å². The third-order valence-corrected chi connectivity index (χ3v) is 6.09. The minimum absolute atomic E-state index is 0.852. The van der Waals surface area contributed by atoms with Crippen LogP contribution in [0.15, 0.2) is 9.63 Å². The van der Waals surface area contributed by atoms with Crippen molar-refractivity contribution in [1.29, 1.82) is 0 Å². The molecule has 7 heteroatoms. The largest absolute Gasteiger partial charge is 0.379 e. The second-order valence-corrected chi connectivity index (χ2v) is 8.28. The van der Waals surface area contributed by atoms with E-state index >= 15 is 0 Å². The van der Waals surface area contributed by atoms with E-state index in [4.69, 9.17) is 4.74 Å². The molecule has 1 N–H and O–H groups in total. The van der Waals surface area contributed by atoms with Crippen LogP contribution < -0.4 is 0 Å². The van der Waals surface area contributed by atoms with Gasteiger partial charge in [0.1, 0.15) is 5.65 Å². The first-order chi connectivity index (χ1) is 13.1. The zero-order valence-corrected chi connectivity index (χ0v) is 19.5. The van der Waals surface area contributed by atoms with E-state index in [1.807, 2.05) is 6.26 Å². The molecule has 3 rings (SSSR count). The highest BCUT2D eigenvalue weighted by molar-refractivity contribution is 9.10. The summed E-state index contributed by atoms with van der Waals surface area (Å²) < 4.78 is 6.34. The Kier molecular flexibility index (Phi) is 10.1. The van der Waals surface area contributed by atoms with Gasteiger partial charge in [-0.05, 0) is 54.4 Å². The summed E-state index contributed by atoms with van der Waals surface area (Å²) in [5.41, 5.74) is 3.33. The van der Waals surface area contributed by atoms with Crippen LogP contribution >= 0.6 is 27.7 Å². The molecule has 2 aromatic heterocycles. The minimum atomic E-state index is 0.852. The van der Waals surface area contributed by atoms with Gasteiger partial charge < -0.3 is 9.72 Å². The number of thioether (sulfide) groups is 1. The zero-order chi connectivity index (χ0) is 19.6. The number of hydrogen-bond acceptors (Lipinski definition) is 5. The maximum absolute atomic E-state index is 5.20. The normalized spacial score (nSPS) is 15.0. The predicted molar refractivity (Wildman–Crippen MR) is 119 cm³/mol. The lowest BCUT2D eigenvalue weighted by atomic mass is 10.1. The summed E-state index contributed by atoms with van der Waals surface area (Å²) in [7, 11) is 0. The summed E-state index contributed by atoms with van der Waals surface area (Å²) in [4.78, 5) is 15.1. The lowest BCUT2D eigenvalue weighted by Gasteiger charge is -2.25. The molecule has 1 fully saturated rings. The van der Waals surface area contributed by atoms with Crippen LogP contribution in [0.4, 0.5) is 0 Å². The number of H-pyrrole nitrogens is 1. The summed E-state index contributed by atoms with van der Waals surface area (Å²) in [5.74, 6) is 0. The molecule has 0 spiro atoms. The van der Waals surface area contributed by atoms with Gasteiger partial charge in [-0.3, -0.25) is 4.90 Å². The fraction of sp³-hybridized carbons (Fsp3) is 0.700. The third kappa shape index (κ3) is 6.44. The first-order valence-corrected chi connectivity index (χ1v) is 12.1. The van der Waals surface area contributed by atoms with Crippen LogP contribution in [0.3, 0.4) is 0 Å². The Morgan fingerprint density at radius 3 is 2.48 bits per heavy atom. The van der Waals surface area contributed by atoms with Crippen molar-refractivity contribution in [3.63, 3.8) is 0 Å². The highest BCUT2D eigenvalue weighted by atomic mass is 79.9. The van der Waals surface area contributed by atoms with Crippen LogP contribution in [0.5, 0.6) is 0 Å². The molecule has 0 radical (unpaired) electrons. The smallest absolute Gasteiger partial charge is 0.189 e. The fourth-order valence-electron chi connectivity index (χ4n) is 3.16. The Balaban J connectivity index is 0.000000244.